The fourth-order valence-corrected chi connectivity index (χ4v) is 2.49. The van der Waals surface area contributed by atoms with Gasteiger partial charge < -0.3 is 5.11 Å². The third-order valence-electron chi connectivity index (χ3n) is 2.31. The first-order valence-corrected chi connectivity index (χ1v) is 7.58. The number of benzene rings is 2. The highest BCUT2D eigenvalue weighted by Gasteiger charge is 2.10. The van der Waals surface area contributed by atoms with Crippen LogP contribution in [-0.2, 0) is 10.0 Å². The van der Waals surface area contributed by atoms with Gasteiger partial charge in [0.1, 0.15) is 10.4 Å². The number of fused-ring (bicyclic) bond motifs is 1. The Hall–Kier alpha value is -1.27. The number of phenols is 1. The van der Waals surface area contributed by atoms with E-state index >= 15 is 0 Å². The Morgan fingerprint density at radius 3 is 2.47 bits per heavy atom. The van der Waals surface area contributed by atoms with Gasteiger partial charge in [-0.3, -0.25) is 4.72 Å². The van der Waals surface area contributed by atoms with Crippen molar-refractivity contribution >= 4 is 42.4 Å². The Bertz CT molecular complexity index is 655. The lowest BCUT2D eigenvalue weighted by Crippen LogP contribution is -2.13. The molecule has 0 atom stereocenters. The van der Waals surface area contributed by atoms with Crippen molar-refractivity contribution in [2.24, 2.45) is 0 Å². The molecule has 0 spiro atoms. The van der Waals surface area contributed by atoms with Crippen LogP contribution in [0.15, 0.2) is 36.4 Å². The summed E-state index contributed by atoms with van der Waals surface area (Å²) >= 11 is 2.91. The smallest absolute Gasteiger partial charge is 0.242 e. The summed E-state index contributed by atoms with van der Waals surface area (Å²) in [5.74, 6) is 0.127. The molecule has 4 nitrogen and oxygen atoms in total. The van der Waals surface area contributed by atoms with E-state index in [1.165, 1.54) is 0 Å². The fourth-order valence-electron chi connectivity index (χ4n) is 1.58. The first-order chi connectivity index (χ1) is 8.03. The number of alkyl halides is 1. The highest BCUT2D eigenvalue weighted by atomic mass is 79.9. The second kappa shape index (κ2) is 4.54. The van der Waals surface area contributed by atoms with Crippen LogP contribution < -0.4 is 4.72 Å². The van der Waals surface area contributed by atoms with Crippen molar-refractivity contribution in [2.75, 3.05) is 9.38 Å². The van der Waals surface area contributed by atoms with Gasteiger partial charge in [-0.2, -0.15) is 0 Å². The van der Waals surface area contributed by atoms with E-state index in [1.807, 2.05) is 0 Å². The summed E-state index contributed by atoms with van der Waals surface area (Å²) in [5, 5.41) is 10.9. The SMILES string of the molecule is O=S(=O)(CBr)Nc1cccc2c(O)cccc12. The molecule has 2 aromatic carbocycles. The number of hydrogen-bond donors (Lipinski definition) is 2. The Labute approximate surface area is 107 Å². The zero-order valence-corrected chi connectivity index (χ0v) is 11.1. The molecule has 2 N–H and O–H groups in total. The van der Waals surface area contributed by atoms with Crippen molar-refractivity contribution in [3.8, 4) is 5.75 Å². The number of rotatable bonds is 3. The van der Waals surface area contributed by atoms with Gasteiger partial charge in [-0.05, 0) is 12.1 Å². The van der Waals surface area contributed by atoms with Gasteiger partial charge in [0.2, 0.25) is 10.0 Å². The Kier molecular flexibility index (Phi) is 3.26. The molecule has 0 aromatic heterocycles. The van der Waals surface area contributed by atoms with Crippen LogP contribution in [0.3, 0.4) is 0 Å². The number of aromatic hydroxyl groups is 1. The predicted molar refractivity (Wildman–Crippen MR) is 71.9 cm³/mol. The Morgan fingerprint density at radius 1 is 1.12 bits per heavy atom. The fraction of sp³-hybridized carbons (Fsp3) is 0.0909. The molecule has 0 heterocycles. The second-order valence-electron chi connectivity index (χ2n) is 3.50. The third kappa shape index (κ3) is 2.53. The highest BCUT2D eigenvalue weighted by molar-refractivity contribution is 9.10. The maximum atomic E-state index is 11.5. The summed E-state index contributed by atoms with van der Waals surface area (Å²) in [4.78, 5) is 0. The number of nitrogens with one attached hydrogen (secondary N) is 1. The van der Waals surface area contributed by atoms with Crippen LogP contribution >= 0.6 is 15.9 Å². The topological polar surface area (TPSA) is 66.4 Å². The molecule has 0 bridgehead atoms. The summed E-state index contributed by atoms with van der Waals surface area (Å²) in [5.41, 5.74) is 0.456. The molecule has 17 heavy (non-hydrogen) atoms. The molecular weight excluding hydrogens is 306 g/mol. The van der Waals surface area contributed by atoms with Gasteiger partial charge in [0.05, 0.1) is 5.69 Å². The molecule has 0 fully saturated rings. The van der Waals surface area contributed by atoms with Crippen LogP contribution in [0.25, 0.3) is 10.8 Å². The molecule has 2 aromatic rings. The number of hydrogen-bond acceptors (Lipinski definition) is 3. The van der Waals surface area contributed by atoms with Crippen molar-refractivity contribution in [3.05, 3.63) is 36.4 Å². The number of halogens is 1. The van der Waals surface area contributed by atoms with E-state index in [0.717, 1.165) is 0 Å². The normalized spacial score (nSPS) is 11.6. The number of sulfonamides is 1. The standard InChI is InChI=1S/C11H10BrNO3S/c12-7-17(15,16)13-10-5-1-4-9-8(10)3-2-6-11(9)14/h1-6,13-14H,7H2. The average molecular weight is 316 g/mol. The number of phenolic OH excluding ortho intramolecular Hbond substituents is 1. The summed E-state index contributed by atoms with van der Waals surface area (Å²) < 4.78 is 25.2. The molecule has 2 rings (SSSR count). The molecule has 90 valence electrons. The lowest BCUT2D eigenvalue weighted by molar-refractivity contribution is 0.481. The third-order valence-corrected chi connectivity index (χ3v) is 4.93. The van der Waals surface area contributed by atoms with E-state index in [0.29, 0.717) is 16.5 Å². The minimum atomic E-state index is -3.39. The summed E-state index contributed by atoms with van der Waals surface area (Å²) in [6, 6.07) is 10.1. The van der Waals surface area contributed by atoms with E-state index in [4.69, 9.17) is 0 Å². The minimum Gasteiger partial charge on any atom is -0.507 e. The van der Waals surface area contributed by atoms with Crippen molar-refractivity contribution in [2.45, 2.75) is 0 Å². The van der Waals surface area contributed by atoms with Crippen molar-refractivity contribution in [3.63, 3.8) is 0 Å². The molecule has 0 radical (unpaired) electrons. The molecule has 0 aliphatic carbocycles. The molecular formula is C11H10BrNO3S. The molecule has 0 saturated heterocycles. The second-order valence-corrected chi connectivity index (χ2v) is 6.53. The molecule has 0 aliphatic rings. The molecule has 0 aliphatic heterocycles. The zero-order chi connectivity index (χ0) is 12.5. The largest absolute Gasteiger partial charge is 0.507 e. The summed E-state index contributed by atoms with van der Waals surface area (Å²) in [6.45, 7) is 0. The zero-order valence-electron chi connectivity index (χ0n) is 8.72. The maximum absolute atomic E-state index is 11.5. The van der Waals surface area contributed by atoms with Crippen molar-refractivity contribution in [1.82, 2.24) is 0 Å². The van der Waals surface area contributed by atoms with E-state index in [-0.39, 0.29) is 10.4 Å². The highest BCUT2D eigenvalue weighted by Crippen LogP contribution is 2.30. The van der Waals surface area contributed by atoms with Gasteiger partial charge in [-0.1, -0.05) is 40.2 Å². The van der Waals surface area contributed by atoms with E-state index in [9.17, 15) is 13.5 Å². The maximum Gasteiger partial charge on any atom is 0.242 e. The summed E-state index contributed by atoms with van der Waals surface area (Å²) in [6.07, 6.45) is 0. The van der Waals surface area contributed by atoms with Crippen LogP contribution in [-0.4, -0.2) is 18.2 Å². The quantitative estimate of drug-likeness (QED) is 0.856. The first-order valence-electron chi connectivity index (χ1n) is 4.81. The molecule has 0 saturated carbocycles. The lowest BCUT2D eigenvalue weighted by Gasteiger charge is -2.09. The predicted octanol–water partition coefficient (Wildman–Crippen LogP) is 2.64. The Morgan fingerprint density at radius 2 is 1.76 bits per heavy atom. The minimum absolute atomic E-state index is 0.127. The van der Waals surface area contributed by atoms with E-state index in [1.54, 1.807) is 36.4 Å². The lowest BCUT2D eigenvalue weighted by atomic mass is 10.1. The monoisotopic (exact) mass is 315 g/mol. The first kappa shape index (κ1) is 12.2. The molecule has 0 amide bonds. The average Bonchev–Trinajstić information content (AvgIpc) is 2.30. The van der Waals surface area contributed by atoms with Crippen LogP contribution in [0.1, 0.15) is 0 Å². The van der Waals surface area contributed by atoms with Crippen molar-refractivity contribution < 1.29 is 13.5 Å². The van der Waals surface area contributed by atoms with Gasteiger partial charge in [0, 0.05) is 10.8 Å². The molecule has 0 unspecified atom stereocenters. The van der Waals surface area contributed by atoms with Crippen LogP contribution in [0.5, 0.6) is 5.75 Å². The van der Waals surface area contributed by atoms with E-state index in [2.05, 4.69) is 20.7 Å². The van der Waals surface area contributed by atoms with Crippen LogP contribution in [0.2, 0.25) is 0 Å². The van der Waals surface area contributed by atoms with Gasteiger partial charge in [0.25, 0.3) is 0 Å². The molecule has 6 heteroatoms. The van der Waals surface area contributed by atoms with Gasteiger partial charge in [-0.15, -0.1) is 0 Å². The summed E-state index contributed by atoms with van der Waals surface area (Å²) in [7, 11) is -3.39. The van der Waals surface area contributed by atoms with E-state index < -0.39 is 10.0 Å². The Balaban J connectivity index is 2.60. The number of anilines is 1. The van der Waals surface area contributed by atoms with Crippen molar-refractivity contribution in [1.29, 1.82) is 0 Å². The van der Waals surface area contributed by atoms with Crippen LogP contribution in [0, 0.1) is 0 Å². The van der Waals surface area contributed by atoms with Gasteiger partial charge >= 0.3 is 0 Å². The van der Waals surface area contributed by atoms with Gasteiger partial charge in [0.15, 0.2) is 0 Å². The van der Waals surface area contributed by atoms with Gasteiger partial charge in [-0.25, -0.2) is 8.42 Å². The van der Waals surface area contributed by atoms with Crippen LogP contribution in [0.4, 0.5) is 5.69 Å².